The number of rotatable bonds is 9. The van der Waals surface area contributed by atoms with E-state index in [2.05, 4.69) is 29.6 Å². The molecular formula is C27H32N2O6. The van der Waals surface area contributed by atoms with Crippen molar-refractivity contribution in [2.75, 3.05) is 26.3 Å². The van der Waals surface area contributed by atoms with Crippen LogP contribution in [0.15, 0.2) is 48.5 Å². The van der Waals surface area contributed by atoms with Gasteiger partial charge in [-0.15, -0.1) is 0 Å². The van der Waals surface area contributed by atoms with E-state index in [1.54, 1.807) is 0 Å². The molecule has 0 spiro atoms. The van der Waals surface area contributed by atoms with Crippen molar-refractivity contribution in [3.8, 4) is 11.1 Å². The Labute approximate surface area is 205 Å². The lowest BCUT2D eigenvalue weighted by Gasteiger charge is -2.30. The largest absolute Gasteiger partial charge is 0.481 e. The minimum Gasteiger partial charge on any atom is -0.481 e. The summed E-state index contributed by atoms with van der Waals surface area (Å²) in [4.78, 5) is 38.1. The zero-order valence-corrected chi connectivity index (χ0v) is 20.1. The summed E-state index contributed by atoms with van der Waals surface area (Å²) in [5.74, 6) is -1.41. The van der Waals surface area contributed by atoms with E-state index >= 15 is 0 Å². The van der Waals surface area contributed by atoms with E-state index in [1.807, 2.05) is 38.1 Å². The Balaban J connectivity index is 1.32. The van der Waals surface area contributed by atoms with E-state index in [4.69, 9.17) is 14.6 Å². The van der Waals surface area contributed by atoms with Gasteiger partial charge in [0.2, 0.25) is 0 Å². The number of carboxylic acids is 1. The summed E-state index contributed by atoms with van der Waals surface area (Å²) in [5.41, 5.74) is 4.62. The number of ether oxygens (including phenoxy) is 2. The van der Waals surface area contributed by atoms with Crippen molar-refractivity contribution in [3.05, 3.63) is 59.7 Å². The number of hydrogen-bond donors (Lipinski definition) is 2. The fourth-order valence-corrected chi connectivity index (χ4v) is 4.98. The number of nitrogens with one attached hydrogen (secondary N) is 1. The van der Waals surface area contributed by atoms with Crippen LogP contribution < -0.4 is 5.32 Å². The van der Waals surface area contributed by atoms with Gasteiger partial charge in [-0.3, -0.25) is 9.59 Å². The standard InChI is InChI=1S/C27H32N2O6/c1-17(2)29(13-11-24(30)31)26(32)25-18(12-14-34-25)15-28-27(33)35-16-23-21-9-5-3-7-19(21)20-8-4-6-10-22(20)23/h3-10,17-18,23,25H,11-16H2,1-2H3,(H,28,33)(H,30,31)/t18-,25-/m1/s1. The summed E-state index contributed by atoms with van der Waals surface area (Å²) in [6.45, 7) is 4.70. The Kier molecular flexibility index (Phi) is 7.70. The average molecular weight is 481 g/mol. The van der Waals surface area contributed by atoms with Crippen LogP contribution >= 0.6 is 0 Å². The van der Waals surface area contributed by atoms with Gasteiger partial charge in [-0.2, -0.15) is 0 Å². The van der Waals surface area contributed by atoms with Gasteiger partial charge in [0.15, 0.2) is 0 Å². The molecule has 0 aromatic heterocycles. The van der Waals surface area contributed by atoms with Gasteiger partial charge < -0.3 is 24.8 Å². The second kappa shape index (κ2) is 10.9. The van der Waals surface area contributed by atoms with E-state index < -0.39 is 18.2 Å². The van der Waals surface area contributed by atoms with Gasteiger partial charge in [0, 0.05) is 37.6 Å². The van der Waals surface area contributed by atoms with Crippen molar-refractivity contribution >= 4 is 18.0 Å². The third-order valence-electron chi connectivity index (χ3n) is 6.78. The predicted molar refractivity (Wildman–Crippen MR) is 130 cm³/mol. The number of fused-ring (bicyclic) bond motifs is 3. The number of alkyl carbamates (subject to hydrolysis) is 1. The Bertz CT molecular complexity index is 1040. The Morgan fingerprint density at radius 1 is 1.09 bits per heavy atom. The lowest BCUT2D eigenvalue weighted by molar-refractivity contribution is -0.146. The van der Waals surface area contributed by atoms with Crippen LogP contribution in [-0.4, -0.2) is 66.4 Å². The second-order valence-corrected chi connectivity index (χ2v) is 9.32. The van der Waals surface area contributed by atoms with Gasteiger partial charge in [0.25, 0.3) is 5.91 Å². The molecule has 2 N–H and O–H groups in total. The Morgan fingerprint density at radius 3 is 2.31 bits per heavy atom. The number of benzene rings is 2. The molecule has 1 heterocycles. The molecular weight excluding hydrogens is 448 g/mol. The van der Waals surface area contributed by atoms with E-state index in [0.29, 0.717) is 13.0 Å². The normalized spacial score (nSPS) is 18.7. The first-order valence-electron chi connectivity index (χ1n) is 12.1. The number of amides is 2. The minimum atomic E-state index is -0.954. The molecule has 8 nitrogen and oxygen atoms in total. The molecule has 186 valence electrons. The van der Waals surface area contributed by atoms with Crippen LogP contribution in [0.1, 0.15) is 43.7 Å². The Hall–Kier alpha value is -3.39. The molecule has 0 bridgehead atoms. The molecule has 2 aromatic rings. The molecule has 1 aliphatic carbocycles. The van der Waals surface area contributed by atoms with Crippen LogP contribution in [0, 0.1) is 5.92 Å². The molecule has 35 heavy (non-hydrogen) atoms. The molecule has 1 aliphatic heterocycles. The first-order chi connectivity index (χ1) is 16.9. The third kappa shape index (κ3) is 5.48. The second-order valence-electron chi connectivity index (χ2n) is 9.32. The molecule has 1 saturated heterocycles. The fraction of sp³-hybridized carbons (Fsp3) is 0.444. The third-order valence-corrected chi connectivity index (χ3v) is 6.78. The summed E-state index contributed by atoms with van der Waals surface area (Å²) in [5, 5.41) is 11.8. The van der Waals surface area contributed by atoms with Crippen molar-refractivity contribution in [3.63, 3.8) is 0 Å². The van der Waals surface area contributed by atoms with Crippen LogP contribution in [-0.2, 0) is 19.1 Å². The molecule has 0 unspecified atom stereocenters. The van der Waals surface area contributed by atoms with E-state index in [1.165, 1.54) is 16.0 Å². The highest BCUT2D eigenvalue weighted by Gasteiger charge is 2.38. The molecule has 2 aliphatic rings. The highest BCUT2D eigenvalue weighted by atomic mass is 16.5. The Morgan fingerprint density at radius 2 is 1.71 bits per heavy atom. The number of aliphatic carboxylic acids is 1. The summed E-state index contributed by atoms with van der Waals surface area (Å²) in [6, 6.07) is 16.2. The van der Waals surface area contributed by atoms with Gasteiger partial charge in [0.1, 0.15) is 12.7 Å². The smallest absolute Gasteiger partial charge is 0.407 e. The summed E-state index contributed by atoms with van der Waals surface area (Å²) >= 11 is 0. The van der Waals surface area contributed by atoms with Gasteiger partial charge >= 0.3 is 12.1 Å². The molecule has 2 amide bonds. The van der Waals surface area contributed by atoms with E-state index in [0.717, 1.165) is 11.1 Å². The van der Waals surface area contributed by atoms with Crippen molar-refractivity contribution in [1.82, 2.24) is 10.2 Å². The predicted octanol–water partition coefficient (Wildman–Crippen LogP) is 3.64. The maximum atomic E-state index is 13.1. The molecule has 2 atom stereocenters. The number of carbonyl (C=O) groups is 3. The summed E-state index contributed by atoms with van der Waals surface area (Å²) in [6.07, 6.45) is -0.735. The van der Waals surface area contributed by atoms with Gasteiger partial charge in [-0.05, 0) is 42.5 Å². The zero-order chi connectivity index (χ0) is 24.9. The monoisotopic (exact) mass is 480 g/mol. The van der Waals surface area contributed by atoms with Crippen molar-refractivity contribution < 1.29 is 29.0 Å². The lowest BCUT2D eigenvalue weighted by Crippen LogP contribution is -2.47. The topological polar surface area (TPSA) is 105 Å². The first kappa shape index (κ1) is 24.7. The lowest BCUT2D eigenvalue weighted by atomic mass is 9.98. The van der Waals surface area contributed by atoms with E-state index in [9.17, 15) is 14.4 Å². The van der Waals surface area contributed by atoms with Crippen LogP contribution in [0.5, 0.6) is 0 Å². The molecule has 4 rings (SSSR count). The van der Waals surface area contributed by atoms with Gasteiger partial charge in [-0.1, -0.05) is 48.5 Å². The van der Waals surface area contributed by atoms with E-state index in [-0.39, 0.29) is 49.9 Å². The average Bonchev–Trinajstić information content (AvgIpc) is 3.44. The molecule has 8 heteroatoms. The minimum absolute atomic E-state index is 0.0221. The zero-order valence-electron chi connectivity index (χ0n) is 20.1. The fourth-order valence-electron chi connectivity index (χ4n) is 4.98. The molecule has 0 saturated carbocycles. The number of carboxylic acid groups (broad SMARTS) is 1. The summed E-state index contributed by atoms with van der Waals surface area (Å²) < 4.78 is 11.3. The highest BCUT2D eigenvalue weighted by molar-refractivity contribution is 5.82. The number of carbonyl (C=O) groups excluding carboxylic acids is 2. The van der Waals surface area contributed by atoms with Gasteiger partial charge in [0.05, 0.1) is 6.42 Å². The van der Waals surface area contributed by atoms with Crippen molar-refractivity contribution in [1.29, 1.82) is 0 Å². The first-order valence-corrected chi connectivity index (χ1v) is 12.1. The van der Waals surface area contributed by atoms with Crippen LogP contribution in [0.4, 0.5) is 4.79 Å². The van der Waals surface area contributed by atoms with Gasteiger partial charge in [-0.25, -0.2) is 4.79 Å². The molecule has 2 aromatic carbocycles. The number of nitrogens with zero attached hydrogens (tertiary/aromatic N) is 1. The van der Waals surface area contributed by atoms with Crippen molar-refractivity contribution in [2.45, 2.75) is 44.8 Å². The number of hydrogen-bond acceptors (Lipinski definition) is 5. The van der Waals surface area contributed by atoms with Crippen LogP contribution in [0.2, 0.25) is 0 Å². The van der Waals surface area contributed by atoms with Crippen LogP contribution in [0.25, 0.3) is 11.1 Å². The SMILES string of the molecule is CC(C)N(CCC(=O)O)C(=O)[C@@H]1OCC[C@@H]1CNC(=O)OCC1c2ccccc2-c2ccccc21. The quantitative estimate of drug-likeness (QED) is 0.568. The molecule has 0 radical (unpaired) electrons. The molecule has 1 fully saturated rings. The maximum Gasteiger partial charge on any atom is 0.407 e. The highest BCUT2D eigenvalue weighted by Crippen LogP contribution is 2.44. The maximum absolute atomic E-state index is 13.1. The van der Waals surface area contributed by atoms with Crippen LogP contribution in [0.3, 0.4) is 0 Å². The van der Waals surface area contributed by atoms with Crippen molar-refractivity contribution in [2.24, 2.45) is 5.92 Å². The summed E-state index contributed by atoms with van der Waals surface area (Å²) in [7, 11) is 0.